The van der Waals surface area contributed by atoms with E-state index in [1.807, 2.05) is 4.52 Å². The Morgan fingerprint density at radius 2 is 1.93 bits per heavy atom. The minimum absolute atomic E-state index is 0.939. The third kappa shape index (κ3) is 1.43. The lowest BCUT2D eigenvalue weighted by Gasteiger charge is -2.02. The van der Waals surface area contributed by atoms with E-state index in [1.54, 1.807) is 0 Å². The molecule has 5 heteroatoms. The highest BCUT2D eigenvalue weighted by molar-refractivity contribution is 14.1. The summed E-state index contributed by atoms with van der Waals surface area (Å²) < 4.78 is 4.03. The minimum Gasteiger partial charge on any atom is -0.211 e. The smallest absolute Gasteiger partial charge is 0.151 e. The second-order valence-electron chi connectivity index (χ2n) is 3.19. The molecule has 0 spiro atoms. The predicted octanol–water partition coefficient (Wildman–Crippen LogP) is 3.09. The van der Waals surface area contributed by atoms with Crippen LogP contribution in [0.15, 0.2) is 30.3 Å². The first-order valence-electron chi connectivity index (χ1n) is 4.35. The van der Waals surface area contributed by atoms with Crippen molar-refractivity contribution in [1.29, 1.82) is 0 Å². The van der Waals surface area contributed by atoms with Crippen LogP contribution in [-0.2, 0) is 0 Å². The summed E-state index contributed by atoms with van der Waals surface area (Å²) in [5.41, 5.74) is 2.19. The van der Waals surface area contributed by atoms with Crippen LogP contribution in [-0.4, -0.2) is 14.8 Å². The molecule has 0 fully saturated rings. The fourth-order valence-corrected chi connectivity index (χ4v) is 2.89. The van der Waals surface area contributed by atoms with Gasteiger partial charge in [-0.2, -0.15) is 0 Å². The summed E-state index contributed by atoms with van der Waals surface area (Å²) in [6.07, 6.45) is 0. The number of benzene rings is 1. The highest BCUT2D eigenvalue weighted by Gasteiger charge is 2.07. The maximum Gasteiger partial charge on any atom is 0.151 e. The van der Waals surface area contributed by atoms with Gasteiger partial charge in [0.25, 0.3) is 0 Å². The summed E-state index contributed by atoms with van der Waals surface area (Å²) in [5, 5.41) is 9.44. The van der Waals surface area contributed by atoms with Crippen LogP contribution in [0.1, 0.15) is 0 Å². The molecular formula is C10H5I2N3. The van der Waals surface area contributed by atoms with Crippen molar-refractivity contribution in [2.24, 2.45) is 0 Å². The van der Waals surface area contributed by atoms with Gasteiger partial charge in [-0.15, -0.1) is 5.10 Å². The maximum absolute atomic E-state index is 4.16. The standard InChI is InChI=1S/C10H5I2N3/c11-7-3-1-2-6-4-5-8-10(12)13-14-15(8)9(6)7/h1-5H. The molecule has 0 unspecified atom stereocenters. The van der Waals surface area contributed by atoms with Crippen LogP contribution >= 0.6 is 45.2 Å². The van der Waals surface area contributed by atoms with Crippen LogP contribution in [0.5, 0.6) is 0 Å². The summed E-state index contributed by atoms with van der Waals surface area (Å²) in [7, 11) is 0. The van der Waals surface area contributed by atoms with Crippen LogP contribution in [0, 0.1) is 7.27 Å². The number of aromatic nitrogens is 3. The van der Waals surface area contributed by atoms with Crippen molar-refractivity contribution in [3.63, 3.8) is 0 Å². The number of hydrogen-bond donors (Lipinski definition) is 0. The van der Waals surface area contributed by atoms with Crippen LogP contribution in [0.3, 0.4) is 0 Å². The van der Waals surface area contributed by atoms with Gasteiger partial charge in [-0.1, -0.05) is 23.4 Å². The molecule has 3 nitrogen and oxygen atoms in total. The Morgan fingerprint density at radius 1 is 1.07 bits per heavy atom. The Hall–Kier alpha value is -0.440. The van der Waals surface area contributed by atoms with E-state index in [1.165, 1.54) is 8.96 Å². The molecule has 2 heterocycles. The van der Waals surface area contributed by atoms with Crippen molar-refractivity contribution in [2.45, 2.75) is 0 Å². The molecular weight excluding hydrogens is 416 g/mol. The van der Waals surface area contributed by atoms with Gasteiger partial charge in [-0.3, -0.25) is 0 Å². The average molecular weight is 421 g/mol. The number of para-hydroxylation sites is 1. The highest BCUT2D eigenvalue weighted by Crippen LogP contribution is 2.23. The zero-order valence-electron chi connectivity index (χ0n) is 7.48. The Kier molecular flexibility index (Phi) is 2.31. The molecule has 0 atom stereocenters. The van der Waals surface area contributed by atoms with E-state index < -0.39 is 0 Å². The van der Waals surface area contributed by atoms with Gasteiger partial charge in [-0.25, -0.2) is 4.52 Å². The van der Waals surface area contributed by atoms with Crippen molar-refractivity contribution in [2.75, 3.05) is 0 Å². The first-order chi connectivity index (χ1) is 7.27. The Balaban J connectivity index is 2.64. The normalized spacial score (nSPS) is 11.3. The molecule has 3 rings (SSSR count). The predicted molar refractivity (Wildman–Crippen MR) is 75.9 cm³/mol. The number of pyridine rings is 1. The van der Waals surface area contributed by atoms with Gasteiger partial charge in [0.05, 0.1) is 5.52 Å². The third-order valence-corrected chi connectivity index (χ3v) is 3.95. The minimum atomic E-state index is 0.939. The van der Waals surface area contributed by atoms with Gasteiger partial charge in [0.15, 0.2) is 3.70 Å². The molecule has 0 amide bonds. The zero-order chi connectivity index (χ0) is 10.4. The molecule has 0 aliphatic rings. The quantitative estimate of drug-likeness (QED) is 0.523. The van der Waals surface area contributed by atoms with Crippen molar-refractivity contribution in [3.8, 4) is 0 Å². The summed E-state index contributed by atoms with van der Waals surface area (Å²) in [4.78, 5) is 0. The van der Waals surface area contributed by atoms with Gasteiger partial charge in [0, 0.05) is 8.96 Å². The van der Waals surface area contributed by atoms with Crippen molar-refractivity contribution >= 4 is 61.6 Å². The van der Waals surface area contributed by atoms with Crippen LogP contribution in [0.4, 0.5) is 0 Å². The van der Waals surface area contributed by atoms with E-state index in [0.29, 0.717) is 0 Å². The fraction of sp³-hybridized carbons (Fsp3) is 0. The summed E-state index contributed by atoms with van der Waals surface area (Å²) in [5.74, 6) is 0. The third-order valence-electron chi connectivity index (χ3n) is 2.31. The molecule has 1 aromatic carbocycles. The summed E-state index contributed by atoms with van der Waals surface area (Å²) in [6, 6.07) is 10.4. The second kappa shape index (κ2) is 3.55. The molecule has 0 aliphatic carbocycles. The average Bonchev–Trinajstić information content (AvgIpc) is 2.61. The Labute approximate surface area is 113 Å². The van der Waals surface area contributed by atoms with Gasteiger partial charge in [0.1, 0.15) is 5.52 Å². The van der Waals surface area contributed by atoms with Gasteiger partial charge >= 0.3 is 0 Å². The van der Waals surface area contributed by atoms with E-state index in [4.69, 9.17) is 0 Å². The number of nitrogens with zero attached hydrogens (tertiary/aromatic N) is 3. The van der Waals surface area contributed by atoms with Crippen LogP contribution in [0.25, 0.3) is 16.4 Å². The number of rotatable bonds is 0. The highest BCUT2D eigenvalue weighted by atomic mass is 127. The Bertz CT molecular complexity index is 660. The lowest BCUT2D eigenvalue weighted by Crippen LogP contribution is -1.92. The van der Waals surface area contributed by atoms with Crippen LogP contribution in [0.2, 0.25) is 0 Å². The topological polar surface area (TPSA) is 30.2 Å². The SMILES string of the molecule is Ic1nnn2c1ccc1cccc(I)c12. The number of fused-ring (bicyclic) bond motifs is 3. The van der Waals surface area contributed by atoms with E-state index in [0.717, 1.165) is 14.7 Å². The molecule has 15 heavy (non-hydrogen) atoms. The van der Waals surface area contributed by atoms with Crippen molar-refractivity contribution in [1.82, 2.24) is 14.8 Å². The molecule has 0 radical (unpaired) electrons. The van der Waals surface area contributed by atoms with Gasteiger partial charge < -0.3 is 0 Å². The van der Waals surface area contributed by atoms with Gasteiger partial charge in [0.2, 0.25) is 0 Å². The lowest BCUT2D eigenvalue weighted by atomic mass is 10.2. The largest absolute Gasteiger partial charge is 0.211 e. The molecule has 0 N–H and O–H groups in total. The molecule has 0 saturated carbocycles. The van der Waals surface area contributed by atoms with Crippen molar-refractivity contribution in [3.05, 3.63) is 37.6 Å². The Morgan fingerprint density at radius 3 is 2.80 bits per heavy atom. The number of halogens is 2. The molecule has 0 saturated heterocycles. The maximum atomic E-state index is 4.16. The van der Waals surface area contributed by atoms with Crippen molar-refractivity contribution < 1.29 is 0 Å². The summed E-state index contributed by atoms with van der Waals surface area (Å²) in [6.45, 7) is 0. The molecule has 0 aliphatic heterocycles. The van der Waals surface area contributed by atoms with E-state index >= 15 is 0 Å². The van der Waals surface area contributed by atoms with Gasteiger partial charge in [-0.05, 0) is 57.3 Å². The first-order valence-corrected chi connectivity index (χ1v) is 6.51. The first kappa shape index (κ1) is 9.76. The molecule has 3 aromatic rings. The molecule has 0 bridgehead atoms. The zero-order valence-corrected chi connectivity index (χ0v) is 11.8. The van der Waals surface area contributed by atoms with Crippen LogP contribution < -0.4 is 0 Å². The van der Waals surface area contributed by atoms with E-state index in [2.05, 4.69) is 85.8 Å². The summed E-state index contributed by atoms with van der Waals surface area (Å²) >= 11 is 4.53. The second-order valence-corrected chi connectivity index (χ2v) is 5.37. The van der Waals surface area contributed by atoms with E-state index in [9.17, 15) is 0 Å². The monoisotopic (exact) mass is 421 g/mol. The number of hydrogen-bond acceptors (Lipinski definition) is 2. The molecule has 74 valence electrons. The lowest BCUT2D eigenvalue weighted by molar-refractivity contribution is 0.876. The molecule has 2 aromatic heterocycles. The fourth-order valence-electron chi connectivity index (χ4n) is 1.63. The van der Waals surface area contributed by atoms with E-state index in [-0.39, 0.29) is 0 Å².